The van der Waals surface area contributed by atoms with E-state index in [-0.39, 0.29) is 11.7 Å². The van der Waals surface area contributed by atoms with E-state index in [1.165, 1.54) is 19.3 Å². The summed E-state index contributed by atoms with van der Waals surface area (Å²) in [6.07, 6.45) is 5.57. The van der Waals surface area contributed by atoms with Crippen molar-refractivity contribution in [2.75, 3.05) is 0 Å². The molecule has 0 aromatic rings. The van der Waals surface area contributed by atoms with Gasteiger partial charge in [0, 0.05) is 12.1 Å². The van der Waals surface area contributed by atoms with Crippen LogP contribution in [-0.4, -0.2) is 28.7 Å². The highest BCUT2D eigenvalue weighted by Crippen LogP contribution is 2.44. The van der Waals surface area contributed by atoms with Crippen LogP contribution >= 0.6 is 0 Å². The summed E-state index contributed by atoms with van der Waals surface area (Å²) in [6.45, 7) is 4.29. The molecule has 2 unspecified atom stereocenters. The number of carbonyl (C=O) groups is 1. The van der Waals surface area contributed by atoms with Gasteiger partial charge in [0.25, 0.3) is 0 Å². The van der Waals surface area contributed by atoms with Gasteiger partial charge in [-0.25, -0.2) is 4.79 Å². The minimum atomic E-state index is -0.123. The molecule has 84 valence electrons. The van der Waals surface area contributed by atoms with Crippen LogP contribution in [0.25, 0.3) is 0 Å². The maximum absolute atomic E-state index is 12.0. The highest BCUT2D eigenvalue weighted by atomic mass is 16.6. The van der Waals surface area contributed by atoms with Gasteiger partial charge in [0.1, 0.15) is 5.60 Å². The van der Waals surface area contributed by atoms with Crippen molar-refractivity contribution in [2.45, 2.75) is 63.6 Å². The van der Waals surface area contributed by atoms with Crippen LogP contribution < -0.4 is 0 Å². The molecule has 0 spiro atoms. The predicted molar refractivity (Wildman–Crippen MR) is 56.6 cm³/mol. The standard InChI is InChI=1S/C12H19NO2/c1-8-7-9-3-4-10(8)13(9)11(14)15-12(2)5-6-12/h8-10H,3-7H2,1-2H3/t8-,9?,10?/m1/s1. The monoisotopic (exact) mass is 209 g/mol. The highest BCUT2D eigenvalue weighted by molar-refractivity contribution is 5.70. The number of nitrogens with zero attached hydrogens (tertiary/aromatic N) is 1. The topological polar surface area (TPSA) is 29.5 Å². The molecular formula is C12H19NO2. The summed E-state index contributed by atoms with van der Waals surface area (Å²) < 4.78 is 5.55. The Morgan fingerprint density at radius 3 is 2.60 bits per heavy atom. The lowest BCUT2D eigenvalue weighted by molar-refractivity contribution is 0.0529. The number of fused-ring (bicyclic) bond motifs is 2. The molecule has 2 bridgehead atoms. The average molecular weight is 209 g/mol. The number of hydrogen-bond acceptors (Lipinski definition) is 2. The molecule has 3 fully saturated rings. The lowest BCUT2D eigenvalue weighted by Gasteiger charge is -2.24. The molecule has 0 aromatic carbocycles. The van der Waals surface area contributed by atoms with Crippen molar-refractivity contribution in [2.24, 2.45) is 5.92 Å². The number of carbonyl (C=O) groups excluding carboxylic acids is 1. The fourth-order valence-electron chi connectivity index (χ4n) is 3.11. The molecule has 3 rings (SSSR count). The Morgan fingerprint density at radius 1 is 1.40 bits per heavy atom. The summed E-state index contributed by atoms with van der Waals surface area (Å²) in [5.41, 5.74) is -0.123. The summed E-state index contributed by atoms with van der Waals surface area (Å²) in [7, 11) is 0. The molecule has 3 atom stereocenters. The van der Waals surface area contributed by atoms with Crippen LogP contribution in [-0.2, 0) is 4.74 Å². The third-order valence-corrected chi connectivity index (χ3v) is 4.35. The second-order valence-corrected chi connectivity index (χ2v) is 5.74. The second-order valence-electron chi connectivity index (χ2n) is 5.74. The van der Waals surface area contributed by atoms with Gasteiger partial charge >= 0.3 is 6.09 Å². The average Bonchev–Trinajstić information content (AvgIpc) is 2.66. The highest BCUT2D eigenvalue weighted by Gasteiger charge is 2.50. The first-order valence-corrected chi connectivity index (χ1v) is 6.10. The minimum Gasteiger partial charge on any atom is -0.443 e. The fourth-order valence-corrected chi connectivity index (χ4v) is 3.11. The Hall–Kier alpha value is -0.730. The number of hydrogen-bond donors (Lipinski definition) is 0. The van der Waals surface area contributed by atoms with Crippen LogP contribution in [0.4, 0.5) is 4.79 Å². The van der Waals surface area contributed by atoms with E-state index < -0.39 is 0 Å². The van der Waals surface area contributed by atoms with Crippen LogP contribution in [0.15, 0.2) is 0 Å². The largest absolute Gasteiger partial charge is 0.443 e. The van der Waals surface area contributed by atoms with Crippen LogP contribution in [0.5, 0.6) is 0 Å². The zero-order valence-electron chi connectivity index (χ0n) is 9.53. The van der Waals surface area contributed by atoms with Gasteiger partial charge in [0.15, 0.2) is 0 Å². The molecule has 3 heteroatoms. The molecule has 2 aliphatic heterocycles. The van der Waals surface area contributed by atoms with Crippen molar-refractivity contribution >= 4 is 6.09 Å². The number of ether oxygens (including phenoxy) is 1. The third-order valence-electron chi connectivity index (χ3n) is 4.35. The quantitative estimate of drug-likeness (QED) is 0.664. The van der Waals surface area contributed by atoms with Gasteiger partial charge in [0.2, 0.25) is 0 Å². The Morgan fingerprint density at radius 2 is 2.13 bits per heavy atom. The summed E-state index contributed by atoms with van der Waals surface area (Å²) in [5.74, 6) is 0.670. The summed E-state index contributed by atoms with van der Waals surface area (Å²) in [6, 6.07) is 0.935. The van der Waals surface area contributed by atoms with E-state index in [9.17, 15) is 4.79 Å². The van der Waals surface area contributed by atoms with Gasteiger partial charge in [-0.1, -0.05) is 6.92 Å². The Kier molecular flexibility index (Phi) is 1.83. The minimum absolute atomic E-state index is 0.0492. The molecular weight excluding hydrogens is 190 g/mol. The van der Waals surface area contributed by atoms with Crippen molar-refractivity contribution in [3.63, 3.8) is 0 Å². The van der Waals surface area contributed by atoms with Crippen molar-refractivity contribution < 1.29 is 9.53 Å². The molecule has 0 aromatic heterocycles. The van der Waals surface area contributed by atoms with Crippen molar-refractivity contribution in [1.82, 2.24) is 4.90 Å². The normalized spacial score (nSPS) is 40.7. The fraction of sp³-hybridized carbons (Fsp3) is 0.917. The van der Waals surface area contributed by atoms with Gasteiger partial charge in [-0.2, -0.15) is 0 Å². The first-order chi connectivity index (χ1) is 7.09. The molecule has 15 heavy (non-hydrogen) atoms. The van der Waals surface area contributed by atoms with Crippen molar-refractivity contribution in [3.8, 4) is 0 Å². The summed E-state index contributed by atoms with van der Waals surface area (Å²) in [4.78, 5) is 14.0. The molecule has 0 N–H and O–H groups in total. The van der Waals surface area contributed by atoms with Gasteiger partial charge in [-0.3, -0.25) is 0 Å². The zero-order valence-corrected chi connectivity index (χ0v) is 9.53. The van der Waals surface area contributed by atoms with E-state index in [1.807, 2.05) is 11.8 Å². The lowest BCUT2D eigenvalue weighted by Crippen LogP contribution is -2.38. The molecule has 1 aliphatic carbocycles. The van der Waals surface area contributed by atoms with E-state index in [0.29, 0.717) is 18.0 Å². The SMILES string of the molecule is C[C@@H]1CC2CCC1N2C(=O)OC1(C)CC1. The van der Waals surface area contributed by atoms with Crippen molar-refractivity contribution in [3.05, 3.63) is 0 Å². The van der Waals surface area contributed by atoms with Crippen LogP contribution in [0.1, 0.15) is 46.0 Å². The second kappa shape index (κ2) is 2.89. The molecule has 2 heterocycles. The lowest BCUT2D eigenvalue weighted by atomic mass is 9.91. The molecule has 0 radical (unpaired) electrons. The van der Waals surface area contributed by atoms with E-state index in [1.54, 1.807) is 0 Å². The summed E-state index contributed by atoms with van der Waals surface area (Å²) >= 11 is 0. The molecule has 3 aliphatic rings. The Balaban J connectivity index is 1.69. The van der Waals surface area contributed by atoms with Crippen LogP contribution in [0.3, 0.4) is 0 Å². The van der Waals surface area contributed by atoms with Gasteiger partial charge in [-0.05, 0) is 44.9 Å². The first kappa shape index (κ1) is 9.49. The van der Waals surface area contributed by atoms with Gasteiger partial charge in [-0.15, -0.1) is 0 Å². The van der Waals surface area contributed by atoms with E-state index in [4.69, 9.17) is 4.74 Å². The van der Waals surface area contributed by atoms with Crippen LogP contribution in [0, 0.1) is 5.92 Å². The molecule has 2 saturated heterocycles. The van der Waals surface area contributed by atoms with E-state index in [0.717, 1.165) is 12.8 Å². The number of amides is 1. The predicted octanol–water partition coefficient (Wildman–Crippen LogP) is 2.55. The Bertz CT molecular complexity index is 298. The van der Waals surface area contributed by atoms with E-state index >= 15 is 0 Å². The zero-order chi connectivity index (χ0) is 10.6. The Labute approximate surface area is 90.8 Å². The van der Waals surface area contributed by atoms with Gasteiger partial charge < -0.3 is 9.64 Å². The smallest absolute Gasteiger partial charge is 0.410 e. The maximum Gasteiger partial charge on any atom is 0.410 e. The third kappa shape index (κ3) is 1.44. The first-order valence-electron chi connectivity index (χ1n) is 6.10. The molecule has 1 saturated carbocycles. The molecule has 1 amide bonds. The summed E-state index contributed by atoms with van der Waals surface area (Å²) in [5, 5.41) is 0. The van der Waals surface area contributed by atoms with Crippen LogP contribution in [0.2, 0.25) is 0 Å². The van der Waals surface area contributed by atoms with Gasteiger partial charge in [0.05, 0.1) is 0 Å². The number of rotatable bonds is 1. The molecule has 3 nitrogen and oxygen atoms in total. The maximum atomic E-state index is 12.0. The van der Waals surface area contributed by atoms with Crippen molar-refractivity contribution in [1.29, 1.82) is 0 Å². The van der Waals surface area contributed by atoms with E-state index in [2.05, 4.69) is 6.92 Å².